The third-order valence-corrected chi connectivity index (χ3v) is 6.32. The molecule has 2 aromatic heterocycles. The number of hydrogen-bond acceptors (Lipinski definition) is 6. The smallest absolute Gasteiger partial charge is 0.147 e. The lowest BCUT2D eigenvalue weighted by atomic mass is 9.92. The molecule has 4 heterocycles. The number of fused-ring (bicyclic) bond motifs is 2. The average molecular weight is 405 g/mol. The maximum atomic E-state index is 9.56. The second-order valence-electron chi connectivity index (χ2n) is 7.84. The predicted octanol–water partition coefficient (Wildman–Crippen LogP) is 3.96. The van der Waals surface area contributed by atoms with Gasteiger partial charge in [0.1, 0.15) is 17.7 Å². The van der Waals surface area contributed by atoms with Crippen LogP contribution in [-0.2, 0) is 0 Å². The van der Waals surface area contributed by atoms with E-state index in [0.29, 0.717) is 22.5 Å². The largest absolute Gasteiger partial charge is 0.353 e. The quantitative estimate of drug-likeness (QED) is 0.643. The topological polar surface area (TPSA) is 68.9 Å². The lowest BCUT2D eigenvalue weighted by Crippen LogP contribution is -2.49. The van der Waals surface area contributed by atoms with Crippen molar-refractivity contribution < 1.29 is 0 Å². The summed E-state index contributed by atoms with van der Waals surface area (Å²) in [4.78, 5) is 18.7. The van der Waals surface area contributed by atoms with Crippen LogP contribution in [0.3, 0.4) is 0 Å². The van der Waals surface area contributed by atoms with Crippen molar-refractivity contribution in [1.82, 2.24) is 15.0 Å². The van der Waals surface area contributed by atoms with Crippen LogP contribution in [0, 0.1) is 24.2 Å². The lowest BCUT2D eigenvalue weighted by molar-refractivity contribution is 0.388. The Morgan fingerprint density at radius 1 is 1.10 bits per heavy atom. The summed E-state index contributed by atoms with van der Waals surface area (Å²) in [5, 5.41) is 10.2. The van der Waals surface area contributed by atoms with Crippen LogP contribution >= 0.6 is 11.6 Å². The molecule has 0 radical (unpaired) electrons. The predicted molar refractivity (Wildman–Crippen MR) is 114 cm³/mol. The third kappa shape index (κ3) is 3.26. The van der Waals surface area contributed by atoms with Gasteiger partial charge in [-0.2, -0.15) is 5.26 Å². The Morgan fingerprint density at radius 3 is 2.83 bits per heavy atom. The molecule has 2 fully saturated rings. The van der Waals surface area contributed by atoms with E-state index in [0.717, 1.165) is 60.8 Å². The first-order valence-corrected chi connectivity index (χ1v) is 10.3. The number of nitrogens with zero attached hydrogens (tertiary/aromatic N) is 6. The molecule has 7 heteroatoms. The molecule has 0 saturated carbocycles. The van der Waals surface area contributed by atoms with Gasteiger partial charge in [-0.25, -0.2) is 9.97 Å². The minimum absolute atomic E-state index is 0.327. The fraction of sp³-hybridized carbons (Fsp3) is 0.364. The molecule has 0 spiro atoms. The van der Waals surface area contributed by atoms with Crippen LogP contribution in [0.4, 0.5) is 11.6 Å². The van der Waals surface area contributed by atoms with E-state index in [4.69, 9.17) is 21.6 Å². The van der Waals surface area contributed by atoms with Gasteiger partial charge < -0.3 is 9.80 Å². The van der Waals surface area contributed by atoms with Crippen LogP contribution in [0.1, 0.15) is 24.1 Å². The number of aromatic nitrogens is 3. The third-order valence-electron chi connectivity index (χ3n) is 6.08. The van der Waals surface area contributed by atoms with E-state index < -0.39 is 0 Å². The summed E-state index contributed by atoms with van der Waals surface area (Å²) in [5.41, 5.74) is 3.25. The second-order valence-corrected chi connectivity index (χ2v) is 8.28. The van der Waals surface area contributed by atoms with Crippen molar-refractivity contribution in [3.63, 3.8) is 0 Å². The van der Waals surface area contributed by atoms with E-state index in [1.807, 2.05) is 43.5 Å². The molecule has 3 aromatic rings. The number of pyridine rings is 1. The molecule has 0 bridgehead atoms. The van der Waals surface area contributed by atoms with Crippen LogP contribution in [0.2, 0.25) is 5.02 Å². The lowest BCUT2D eigenvalue weighted by Gasteiger charge is -2.39. The monoisotopic (exact) mass is 404 g/mol. The van der Waals surface area contributed by atoms with Crippen molar-refractivity contribution in [2.75, 3.05) is 29.4 Å². The summed E-state index contributed by atoms with van der Waals surface area (Å²) in [6, 6.07) is 12.0. The Hall–Kier alpha value is -2.91. The van der Waals surface area contributed by atoms with E-state index in [9.17, 15) is 5.26 Å². The van der Waals surface area contributed by atoms with E-state index in [2.05, 4.69) is 20.9 Å². The van der Waals surface area contributed by atoms with Crippen LogP contribution in [-0.4, -0.2) is 40.6 Å². The van der Waals surface area contributed by atoms with Crippen LogP contribution < -0.4 is 9.80 Å². The highest BCUT2D eigenvalue weighted by molar-refractivity contribution is 6.31. The van der Waals surface area contributed by atoms with E-state index >= 15 is 0 Å². The van der Waals surface area contributed by atoms with Crippen molar-refractivity contribution in [1.29, 1.82) is 5.26 Å². The van der Waals surface area contributed by atoms with Gasteiger partial charge in [0.2, 0.25) is 0 Å². The summed E-state index contributed by atoms with van der Waals surface area (Å²) in [6.45, 7) is 4.74. The highest BCUT2D eigenvalue weighted by Gasteiger charge is 2.40. The molecule has 29 heavy (non-hydrogen) atoms. The SMILES string of the molecule is Cc1ccc(C#N)c(N2CCC3CCN(c4cnc5cc(Cl)ccc5n4)CC32)n1. The minimum Gasteiger partial charge on any atom is -0.353 e. The van der Waals surface area contributed by atoms with Gasteiger partial charge in [-0.3, -0.25) is 4.98 Å². The van der Waals surface area contributed by atoms with E-state index in [1.165, 1.54) is 0 Å². The number of piperidine rings is 1. The minimum atomic E-state index is 0.327. The standard InChI is InChI=1S/C22H21ClN6/c1-14-2-3-16(11-24)22(26-14)29-9-7-15-6-8-28(13-20(15)29)21-12-25-19-10-17(23)4-5-18(19)27-21/h2-5,10,12,15,20H,6-9,13H2,1H3. The van der Waals surface area contributed by atoms with Gasteiger partial charge in [-0.15, -0.1) is 0 Å². The van der Waals surface area contributed by atoms with E-state index in [1.54, 1.807) is 0 Å². The van der Waals surface area contributed by atoms with Crippen molar-refractivity contribution in [2.45, 2.75) is 25.8 Å². The summed E-state index contributed by atoms with van der Waals surface area (Å²) >= 11 is 6.07. The van der Waals surface area contributed by atoms with E-state index in [-0.39, 0.29) is 0 Å². The number of aryl methyl sites for hydroxylation is 1. The first-order chi connectivity index (χ1) is 14.1. The van der Waals surface area contributed by atoms with Crippen molar-refractivity contribution in [2.24, 2.45) is 5.92 Å². The molecular formula is C22H21ClN6. The fourth-order valence-electron chi connectivity index (χ4n) is 4.59. The maximum absolute atomic E-state index is 9.56. The molecule has 1 aromatic carbocycles. The number of nitriles is 1. The molecular weight excluding hydrogens is 384 g/mol. The molecule has 2 aliphatic heterocycles. The van der Waals surface area contributed by atoms with Gasteiger partial charge in [-0.05, 0) is 56.0 Å². The van der Waals surface area contributed by atoms with Gasteiger partial charge in [0.15, 0.2) is 0 Å². The molecule has 2 atom stereocenters. The molecule has 2 saturated heterocycles. The summed E-state index contributed by atoms with van der Waals surface area (Å²) < 4.78 is 0. The molecule has 0 amide bonds. The van der Waals surface area contributed by atoms with Crippen molar-refractivity contribution >= 4 is 34.3 Å². The van der Waals surface area contributed by atoms with Gasteiger partial charge in [0.25, 0.3) is 0 Å². The summed E-state index contributed by atoms with van der Waals surface area (Å²) in [5.74, 6) is 2.33. The Morgan fingerprint density at radius 2 is 1.97 bits per heavy atom. The number of halogens is 1. The summed E-state index contributed by atoms with van der Waals surface area (Å²) in [6.07, 6.45) is 4.08. The molecule has 5 rings (SSSR count). The number of benzene rings is 1. The van der Waals surface area contributed by atoms with Gasteiger partial charge in [-0.1, -0.05) is 11.6 Å². The Kier molecular flexibility index (Phi) is 4.48. The highest BCUT2D eigenvalue weighted by atomic mass is 35.5. The van der Waals surface area contributed by atoms with Crippen molar-refractivity contribution in [3.8, 4) is 6.07 Å². The van der Waals surface area contributed by atoms with Gasteiger partial charge in [0, 0.05) is 30.4 Å². The maximum Gasteiger partial charge on any atom is 0.147 e. The Bertz CT molecular complexity index is 1120. The molecule has 2 aliphatic rings. The van der Waals surface area contributed by atoms with Crippen LogP contribution in [0.25, 0.3) is 11.0 Å². The second kappa shape index (κ2) is 7.16. The first-order valence-electron chi connectivity index (χ1n) is 9.94. The van der Waals surface area contributed by atoms with Crippen molar-refractivity contribution in [3.05, 3.63) is 52.8 Å². The highest BCUT2D eigenvalue weighted by Crippen LogP contribution is 2.36. The van der Waals surface area contributed by atoms with Gasteiger partial charge >= 0.3 is 0 Å². The number of hydrogen-bond donors (Lipinski definition) is 0. The molecule has 2 unspecified atom stereocenters. The normalized spacial score (nSPS) is 21.3. The zero-order valence-electron chi connectivity index (χ0n) is 16.2. The first kappa shape index (κ1) is 18.1. The fourth-order valence-corrected chi connectivity index (χ4v) is 4.75. The Labute approximate surface area is 174 Å². The average Bonchev–Trinajstić information content (AvgIpc) is 3.16. The number of rotatable bonds is 2. The zero-order chi connectivity index (χ0) is 20.0. The van der Waals surface area contributed by atoms with Crippen LogP contribution in [0.15, 0.2) is 36.5 Å². The zero-order valence-corrected chi connectivity index (χ0v) is 17.0. The molecule has 146 valence electrons. The number of anilines is 2. The Balaban J connectivity index is 1.45. The summed E-state index contributed by atoms with van der Waals surface area (Å²) in [7, 11) is 0. The molecule has 0 N–H and O–H groups in total. The molecule has 6 nitrogen and oxygen atoms in total. The van der Waals surface area contributed by atoms with Gasteiger partial charge in [0.05, 0.1) is 28.8 Å². The van der Waals surface area contributed by atoms with Crippen LogP contribution in [0.5, 0.6) is 0 Å². The molecule has 0 aliphatic carbocycles.